The molecule has 8 aromatic carbocycles. The molecule has 0 unspecified atom stereocenters. The summed E-state index contributed by atoms with van der Waals surface area (Å²) < 4.78 is 158. The van der Waals surface area contributed by atoms with Crippen LogP contribution in [0.15, 0.2) is 263 Å². The van der Waals surface area contributed by atoms with Gasteiger partial charge in [-0.25, -0.2) is 48.7 Å². The Morgan fingerprint density at radius 1 is 0.338 bits per heavy atom. The molecule has 4 fully saturated rings. The Hall–Kier alpha value is -15.5. The lowest BCUT2D eigenvalue weighted by Gasteiger charge is -2.34. The largest absolute Gasteiger partial charge is 0.493 e. The Kier molecular flexibility index (Phi) is 34.4. The van der Waals surface area contributed by atoms with Gasteiger partial charge in [0, 0.05) is 196 Å². The molecule has 0 bridgehead atoms. The van der Waals surface area contributed by atoms with Crippen LogP contribution in [0.2, 0.25) is 5.02 Å². The minimum atomic E-state index is -3.85. The van der Waals surface area contributed by atoms with E-state index in [2.05, 4.69) is 164 Å². The number of aryl methyl sites for hydroxylation is 1. The smallest absolute Gasteiger partial charge is 0.318 e. The van der Waals surface area contributed by atoms with Crippen molar-refractivity contribution in [3.8, 4) is 5.75 Å². The number of ether oxygens (including phenoxy) is 1. The van der Waals surface area contributed by atoms with Gasteiger partial charge in [0.25, 0.3) is 0 Å². The van der Waals surface area contributed by atoms with Gasteiger partial charge in [-0.15, -0.1) is 0 Å². The first-order valence-corrected chi connectivity index (χ1v) is 45.3. The molecule has 4 saturated heterocycles. The van der Waals surface area contributed by atoms with Crippen LogP contribution >= 0.6 is 11.6 Å². The first-order chi connectivity index (χ1) is 68.0. The van der Waals surface area contributed by atoms with Crippen LogP contribution in [0.5, 0.6) is 5.75 Å². The van der Waals surface area contributed by atoms with Gasteiger partial charge in [-0.1, -0.05) is 86.4 Å². The molecule has 4 aliphatic rings. The highest BCUT2D eigenvalue weighted by molar-refractivity contribution is 6.31. The number of piperazine rings is 4. The highest BCUT2D eigenvalue weighted by atomic mass is 35.5. The molecule has 0 saturated carbocycles. The Morgan fingerprint density at radius 3 is 0.979 bits per heavy atom. The SMILES string of the molecule is C=CC(=O)Nc1cccc(C(F)(F)c2nc(Nc3ccc(N4CCN(C)CC4)c(F)c3)ncc2F)c1.C=CC(=O)Nc1cccc(C(F)(F)c2nc(Nc3ccc(N4CCN(C)CC4)cc3)ncc2C)c1.C=CC(=O)Nc1cccc(C(F)(F)c2nc(Nc3ccc(N4CCN(C)CC4)cc3)ncc2Cl)c1.C=CC(=O)Nc1cccc(C(F)(F)c2nc(Nc3ccc(N4CCN(C)CC4)cc3)ncc2OC)c1. The maximum atomic E-state index is 15.6. The van der Waals surface area contributed by atoms with Gasteiger partial charge in [-0.3, -0.25) is 19.2 Å². The van der Waals surface area contributed by atoms with Crippen LogP contribution < -0.4 is 66.9 Å². The Bertz CT molecular complexity index is 6280. The molecule has 740 valence electrons. The molecule has 16 rings (SSSR count). The molecule has 0 aliphatic carbocycles. The van der Waals surface area contributed by atoms with Crippen LogP contribution in [0.4, 0.5) is 136 Å². The van der Waals surface area contributed by atoms with Crippen molar-refractivity contribution < 1.29 is 67.8 Å². The third-order valence-corrected chi connectivity index (χ3v) is 23.6. The van der Waals surface area contributed by atoms with Crippen LogP contribution in [0.3, 0.4) is 0 Å². The number of alkyl halides is 8. The number of likely N-dealkylation sites (N-methyl/N-ethyl adjacent to an activating group) is 4. The average molecular weight is 1970 g/mol. The van der Waals surface area contributed by atoms with Crippen molar-refractivity contribution in [3.05, 3.63) is 331 Å². The molecule has 8 heterocycles. The number of hydrogen-bond donors (Lipinski definition) is 8. The zero-order valence-corrected chi connectivity index (χ0v) is 79.3. The second kappa shape index (κ2) is 47.0. The van der Waals surface area contributed by atoms with Crippen LogP contribution in [0.25, 0.3) is 0 Å². The van der Waals surface area contributed by atoms with E-state index in [4.69, 9.17) is 16.3 Å². The number of halogens is 11. The summed E-state index contributed by atoms with van der Waals surface area (Å²) in [4.78, 5) is 96.1. The molecule has 12 aromatic rings. The summed E-state index contributed by atoms with van der Waals surface area (Å²) >= 11 is 6.07. The van der Waals surface area contributed by atoms with Crippen LogP contribution in [0, 0.1) is 18.6 Å². The molecule has 4 aromatic heterocycles. The number of nitrogens with one attached hydrogen (secondary N) is 8. The van der Waals surface area contributed by atoms with Gasteiger partial charge < -0.3 is 86.5 Å². The fraction of sp³-hybridized carbons (Fsp3) is 0.255. The van der Waals surface area contributed by atoms with E-state index in [1.54, 1.807) is 19.1 Å². The van der Waals surface area contributed by atoms with Crippen LogP contribution in [-0.4, -0.2) is 223 Å². The standard InChI is InChI=1S/C26H28F2N6O2.C26H28F2N6O.C25H25ClF2N6O.C25H24F4N6O/c1-4-23(35)30-20-7-5-6-18(16-20)26(27,28)24-22(36-3)17-29-25(32-24)31-19-8-10-21(11-9-19)34-14-12-33(2)13-15-34;1-4-23(35)30-21-7-5-6-19(16-21)26(27,28)24-18(2)17-29-25(32-24)31-20-8-10-22(11-9-20)34-14-12-33(3)13-15-34;1-3-22(35)30-19-6-4-5-17(15-19)25(27,28)23-21(26)16-29-24(32-23)31-18-7-9-20(10-8-18)34-13-11-33(2)12-14-34;1-3-22(36)31-17-6-4-5-16(13-17)25(28,29)23-20(27)15-30-24(33-23)32-18-7-8-21(19(26)14-18)35-11-9-34(2)10-12-35/h4-11,16-17H,1,12-15H2,2-3H3,(H,30,35)(H,29,31,32);4-11,16-17H,1,12-15H2,2-3H3,(H,30,35)(H,29,31,32);3-10,15-16H,1,11-14H2,2H3,(H,30,35)(H,29,31,32);3-8,13-15H,1,9-12H2,2H3,(H,31,36)(H,30,32,33). The number of hydrogen-bond acceptors (Lipinski definition) is 25. The van der Waals surface area contributed by atoms with Crippen molar-refractivity contribution in [1.82, 2.24) is 59.5 Å². The molecular formula is C102H105ClF10N24O5. The summed E-state index contributed by atoms with van der Waals surface area (Å²) in [5, 5.41) is 21.2. The Morgan fingerprint density at radius 2 is 0.627 bits per heavy atom. The van der Waals surface area contributed by atoms with Crippen molar-refractivity contribution in [2.45, 2.75) is 30.6 Å². The zero-order valence-electron chi connectivity index (χ0n) is 78.5. The molecule has 4 aliphatic heterocycles. The average Bonchev–Trinajstić information content (AvgIpc) is 0.787. The summed E-state index contributed by atoms with van der Waals surface area (Å²) in [6, 6.07) is 48.6. The monoisotopic (exact) mass is 1970 g/mol. The van der Waals surface area contributed by atoms with E-state index in [0.29, 0.717) is 42.0 Å². The number of methoxy groups -OCH3 is 1. The van der Waals surface area contributed by atoms with Gasteiger partial charge in [0.15, 0.2) is 23.0 Å². The van der Waals surface area contributed by atoms with E-state index in [1.165, 1.54) is 110 Å². The van der Waals surface area contributed by atoms with Gasteiger partial charge in [0.1, 0.15) is 17.2 Å². The van der Waals surface area contributed by atoms with E-state index in [-0.39, 0.29) is 85.3 Å². The number of carbonyl (C=O) groups is 4. The number of amides is 4. The van der Waals surface area contributed by atoms with Gasteiger partial charge in [0.2, 0.25) is 47.4 Å². The summed E-state index contributed by atoms with van der Waals surface area (Å²) in [5.41, 5.74) is 2.59. The first kappa shape index (κ1) is 104. The number of anilines is 16. The molecule has 29 nitrogen and oxygen atoms in total. The molecule has 0 atom stereocenters. The number of carbonyl (C=O) groups excluding carboxylic acids is 4. The van der Waals surface area contributed by atoms with E-state index >= 15 is 35.1 Å². The summed E-state index contributed by atoms with van der Waals surface area (Å²) in [5.74, 6) is -18.6. The van der Waals surface area contributed by atoms with Crippen molar-refractivity contribution >= 4 is 127 Å². The number of benzene rings is 8. The Balaban J connectivity index is 0.000000159. The third-order valence-electron chi connectivity index (χ3n) is 23.4. The van der Waals surface area contributed by atoms with Crippen molar-refractivity contribution in [2.75, 3.05) is 202 Å². The first-order valence-electron chi connectivity index (χ1n) is 44.9. The topological polar surface area (TPSA) is 303 Å². The second-order valence-corrected chi connectivity index (χ2v) is 33.9. The van der Waals surface area contributed by atoms with E-state index in [1.807, 2.05) is 84.7 Å². The second-order valence-electron chi connectivity index (χ2n) is 33.5. The fourth-order valence-electron chi connectivity index (χ4n) is 15.3. The lowest BCUT2D eigenvalue weighted by molar-refractivity contribution is -0.112. The highest BCUT2D eigenvalue weighted by Gasteiger charge is 2.44. The quantitative estimate of drug-likeness (QED) is 0.0160. The maximum absolute atomic E-state index is 15.6. The van der Waals surface area contributed by atoms with Gasteiger partial charge in [-0.05, 0) is 205 Å². The van der Waals surface area contributed by atoms with Crippen molar-refractivity contribution in [1.29, 1.82) is 0 Å². The predicted octanol–water partition coefficient (Wildman–Crippen LogP) is 18.2. The molecule has 0 spiro atoms. The lowest BCUT2D eigenvalue weighted by atomic mass is 10.0. The lowest BCUT2D eigenvalue weighted by Crippen LogP contribution is -2.44. The zero-order chi connectivity index (χ0) is 102. The van der Waals surface area contributed by atoms with Gasteiger partial charge in [-0.2, -0.15) is 35.1 Å². The van der Waals surface area contributed by atoms with Gasteiger partial charge >= 0.3 is 23.7 Å². The number of aromatic nitrogens is 8. The molecule has 4 amide bonds. The minimum absolute atomic E-state index is 0.00691. The summed E-state index contributed by atoms with van der Waals surface area (Å²) in [6.07, 6.45) is 8.54. The van der Waals surface area contributed by atoms with Crippen molar-refractivity contribution in [3.63, 3.8) is 0 Å². The normalized spacial score (nSPS) is 14.4. The molecule has 8 N–H and O–H groups in total. The van der Waals surface area contributed by atoms with Crippen LogP contribution in [-0.2, 0) is 42.9 Å². The molecule has 40 heteroatoms. The predicted molar refractivity (Wildman–Crippen MR) is 535 cm³/mol. The Labute approximate surface area is 819 Å². The maximum Gasteiger partial charge on any atom is 0.318 e. The summed E-state index contributed by atoms with van der Waals surface area (Å²) in [7, 11) is 9.60. The molecule has 0 radical (unpaired) electrons. The minimum Gasteiger partial charge on any atom is -0.493 e. The number of nitrogens with zero attached hydrogens (tertiary/aromatic N) is 16. The van der Waals surface area contributed by atoms with E-state index < -0.39 is 87.3 Å². The molecule has 142 heavy (non-hydrogen) atoms. The fourth-order valence-corrected chi connectivity index (χ4v) is 15.5. The highest BCUT2D eigenvalue weighted by Crippen LogP contribution is 2.45. The van der Waals surface area contributed by atoms with Crippen LogP contribution in [0.1, 0.15) is 50.6 Å². The summed E-state index contributed by atoms with van der Waals surface area (Å²) in [6.45, 7) is 29.6. The van der Waals surface area contributed by atoms with Gasteiger partial charge in [0.05, 0.1) is 36.4 Å². The van der Waals surface area contributed by atoms with E-state index in [0.717, 1.165) is 151 Å². The third kappa shape index (κ3) is 27.0. The van der Waals surface area contributed by atoms with E-state index in [9.17, 15) is 28.0 Å². The number of rotatable bonds is 29. The molecular weight excluding hydrogens is 1870 g/mol. The van der Waals surface area contributed by atoms with Crippen molar-refractivity contribution in [2.24, 2.45) is 0 Å².